The van der Waals surface area contributed by atoms with Gasteiger partial charge in [0.25, 0.3) is 4.84 Å². The molecule has 0 saturated carbocycles. The van der Waals surface area contributed by atoms with Crippen LogP contribution in [-0.4, -0.2) is 22.1 Å². The second-order valence-corrected chi connectivity index (χ2v) is 5.75. The van der Waals surface area contributed by atoms with E-state index in [0.717, 1.165) is 28.1 Å². The third kappa shape index (κ3) is 3.22. The minimum absolute atomic E-state index is 0.354. The molecular weight excluding hydrogens is 336 g/mol. The van der Waals surface area contributed by atoms with Gasteiger partial charge in [0.1, 0.15) is 5.75 Å². The summed E-state index contributed by atoms with van der Waals surface area (Å²) in [6.07, 6.45) is 3.55. The van der Waals surface area contributed by atoms with E-state index in [1.807, 2.05) is 42.5 Å². The number of nitrogens with zero attached hydrogens (tertiary/aromatic N) is 2. The molecule has 0 atom stereocenters. The second-order valence-electron chi connectivity index (χ2n) is 5.37. The molecule has 0 aliphatic rings. The van der Waals surface area contributed by atoms with Crippen molar-refractivity contribution < 1.29 is 9.15 Å². The fourth-order valence-corrected chi connectivity index (χ4v) is 2.68. The molecule has 2 aromatic carbocycles. The molecule has 0 bridgehead atoms. The number of H-pyrrole nitrogens is 1. The quantitative estimate of drug-likeness (QED) is 0.520. The van der Waals surface area contributed by atoms with Crippen molar-refractivity contribution >= 4 is 35.0 Å². The van der Waals surface area contributed by atoms with Crippen LogP contribution in [0, 0.1) is 4.84 Å². The molecule has 0 unspecified atom stereocenters. The third-order valence-corrected chi connectivity index (χ3v) is 3.94. The lowest BCUT2D eigenvalue weighted by molar-refractivity contribution is 0.415. The molecule has 0 aliphatic carbocycles. The Morgan fingerprint density at radius 2 is 1.80 bits per heavy atom. The lowest BCUT2D eigenvalue weighted by Gasteiger charge is -2.06. The van der Waals surface area contributed by atoms with Crippen LogP contribution in [0.4, 0.5) is 11.6 Å². The van der Waals surface area contributed by atoms with Crippen molar-refractivity contribution in [2.45, 2.75) is 0 Å². The molecule has 0 spiro atoms. The fourth-order valence-electron chi connectivity index (χ4n) is 2.48. The Morgan fingerprint density at radius 3 is 2.52 bits per heavy atom. The van der Waals surface area contributed by atoms with Gasteiger partial charge in [0.15, 0.2) is 5.58 Å². The molecule has 7 heteroatoms. The van der Waals surface area contributed by atoms with Crippen LogP contribution in [0.1, 0.15) is 0 Å². The van der Waals surface area contributed by atoms with E-state index >= 15 is 0 Å². The van der Waals surface area contributed by atoms with Crippen LogP contribution in [0.15, 0.2) is 59.3 Å². The molecule has 0 saturated heterocycles. The third-order valence-electron chi connectivity index (χ3n) is 3.75. The maximum absolute atomic E-state index is 5.41. The number of aromatic nitrogens is 3. The largest absolute Gasteiger partial charge is 0.497 e. The Hall–Kier alpha value is -3.19. The SMILES string of the molecule is COc1ccc(-c2cnc(Nc3ccc4[nH]c(=S)oc4c3)nc2)cc1. The number of hydrogen-bond acceptors (Lipinski definition) is 6. The highest BCUT2D eigenvalue weighted by molar-refractivity contribution is 7.71. The van der Waals surface area contributed by atoms with Crippen LogP contribution in [0.3, 0.4) is 0 Å². The number of ether oxygens (including phenoxy) is 1. The van der Waals surface area contributed by atoms with Gasteiger partial charge < -0.3 is 19.5 Å². The van der Waals surface area contributed by atoms with Gasteiger partial charge >= 0.3 is 0 Å². The van der Waals surface area contributed by atoms with Crippen molar-refractivity contribution in [2.24, 2.45) is 0 Å². The van der Waals surface area contributed by atoms with Crippen molar-refractivity contribution in [1.29, 1.82) is 0 Å². The first-order chi connectivity index (χ1) is 12.2. The van der Waals surface area contributed by atoms with Gasteiger partial charge in [-0.2, -0.15) is 0 Å². The zero-order valence-electron chi connectivity index (χ0n) is 13.3. The minimum Gasteiger partial charge on any atom is -0.497 e. The van der Waals surface area contributed by atoms with E-state index in [2.05, 4.69) is 20.3 Å². The number of nitrogens with one attached hydrogen (secondary N) is 2. The highest BCUT2D eigenvalue weighted by Crippen LogP contribution is 2.23. The molecule has 0 fully saturated rings. The molecule has 25 heavy (non-hydrogen) atoms. The summed E-state index contributed by atoms with van der Waals surface area (Å²) in [6.45, 7) is 0. The average Bonchev–Trinajstić information content (AvgIpc) is 3.02. The lowest BCUT2D eigenvalue weighted by Crippen LogP contribution is -1.96. The molecule has 6 nitrogen and oxygen atoms in total. The Bertz CT molecular complexity index is 1070. The monoisotopic (exact) mass is 350 g/mol. The summed E-state index contributed by atoms with van der Waals surface area (Å²) in [4.78, 5) is 12.0. The number of fused-ring (bicyclic) bond motifs is 1. The Kier molecular flexibility index (Phi) is 3.91. The van der Waals surface area contributed by atoms with Gasteiger partial charge in [-0.25, -0.2) is 9.97 Å². The number of aromatic amines is 1. The number of benzene rings is 2. The first kappa shape index (κ1) is 15.3. The summed E-state index contributed by atoms with van der Waals surface area (Å²) in [5.41, 5.74) is 4.32. The predicted molar refractivity (Wildman–Crippen MR) is 98.7 cm³/mol. The van der Waals surface area contributed by atoms with Crippen molar-refractivity contribution in [3.8, 4) is 16.9 Å². The normalized spacial score (nSPS) is 10.8. The average molecular weight is 350 g/mol. The van der Waals surface area contributed by atoms with E-state index < -0.39 is 0 Å². The van der Waals surface area contributed by atoms with Crippen molar-refractivity contribution in [1.82, 2.24) is 15.0 Å². The summed E-state index contributed by atoms with van der Waals surface area (Å²) in [7, 11) is 1.65. The molecule has 4 rings (SSSR count). The number of anilines is 2. The van der Waals surface area contributed by atoms with Gasteiger partial charge in [0.05, 0.1) is 12.6 Å². The summed E-state index contributed by atoms with van der Waals surface area (Å²) < 4.78 is 10.6. The van der Waals surface area contributed by atoms with Crippen molar-refractivity contribution in [3.63, 3.8) is 0 Å². The molecule has 0 aliphatic heterocycles. The van der Waals surface area contributed by atoms with E-state index in [1.165, 1.54) is 0 Å². The number of oxazole rings is 1. The van der Waals surface area contributed by atoms with Gasteiger partial charge in [-0.15, -0.1) is 0 Å². The maximum atomic E-state index is 5.41. The second kappa shape index (κ2) is 6.37. The van der Waals surface area contributed by atoms with Crippen molar-refractivity contribution in [3.05, 3.63) is 59.7 Å². The van der Waals surface area contributed by atoms with Crippen LogP contribution >= 0.6 is 12.2 Å². The first-order valence-corrected chi connectivity index (χ1v) is 7.98. The summed E-state index contributed by atoms with van der Waals surface area (Å²) in [6, 6.07) is 13.4. The van der Waals surface area contributed by atoms with E-state index in [0.29, 0.717) is 16.4 Å². The Balaban J connectivity index is 1.55. The highest BCUT2D eigenvalue weighted by Gasteiger charge is 2.04. The van der Waals surface area contributed by atoms with Gasteiger partial charge in [-0.1, -0.05) is 12.1 Å². The van der Waals surface area contributed by atoms with E-state index in [1.54, 1.807) is 19.5 Å². The number of rotatable bonds is 4. The van der Waals surface area contributed by atoms with Crippen LogP contribution in [-0.2, 0) is 0 Å². The Morgan fingerprint density at radius 1 is 1.04 bits per heavy atom. The van der Waals surface area contributed by atoms with Gasteiger partial charge in [-0.05, 0) is 42.0 Å². The molecule has 0 amide bonds. The van der Waals surface area contributed by atoms with Crippen LogP contribution in [0.5, 0.6) is 5.75 Å². The zero-order chi connectivity index (χ0) is 17.2. The van der Waals surface area contributed by atoms with E-state index in [9.17, 15) is 0 Å². The predicted octanol–water partition coefficient (Wildman–Crippen LogP) is 4.70. The number of hydrogen-bond donors (Lipinski definition) is 2. The van der Waals surface area contributed by atoms with Gasteiger partial charge in [0.2, 0.25) is 5.95 Å². The molecule has 2 N–H and O–H groups in total. The van der Waals surface area contributed by atoms with Crippen LogP contribution in [0.25, 0.3) is 22.2 Å². The van der Waals surface area contributed by atoms with E-state index in [4.69, 9.17) is 21.4 Å². The molecule has 0 radical (unpaired) electrons. The first-order valence-electron chi connectivity index (χ1n) is 7.58. The Labute approximate surface area is 148 Å². The summed E-state index contributed by atoms with van der Waals surface area (Å²) >= 11 is 4.99. The standard InChI is InChI=1S/C18H14N4O2S/c1-23-14-5-2-11(3-6-14)12-9-19-17(20-10-12)21-13-4-7-15-16(8-13)24-18(25)22-15/h2-10H,1H3,(H,22,25)(H,19,20,21). The van der Waals surface area contributed by atoms with Gasteiger partial charge in [0, 0.05) is 29.7 Å². The molecule has 2 aromatic heterocycles. The van der Waals surface area contributed by atoms with Crippen LogP contribution < -0.4 is 10.1 Å². The number of methoxy groups -OCH3 is 1. The van der Waals surface area contributed by atoms with E-state index in [-0.39, 0.29) is 0 Å². The smallest absolute Gasteiger partial charge is 0.266 e. The molecule has 2 heterocycles. The topological polar surface area (TPSA) is 76.0 Å². The highest BCUT2D eigenvalue weighted by atomic mass is 32.1. The van der Waals surface area contributed by atoms with Crippen LogP contribution in [0.2, 0.25) is 0 Å². The minimum atomic E-state index is 0.354. The summed E-state index contributed by atoms with van der Waals surface area (Å²) in [5, 5.41) is 3.15. The maximum Gasteiger partial charge on any atom is 0.266 e. The molecule has 4 aromatic rings. The summed E-state index contributed by atoms with van der Waals surface area (Å²) in [5.74, 6) is 1.32. The molecular formula is C18H14N4O2S. The molecule has 124 valence electrons. The van der Waals surface area contributed by atoms with Crippen molar-refractivity contribution in [2.75, 3.05) is 12.4 Å². The zero-order valence-corrected chi connectivity index (χ0v) is 14.1. The van der Waals surface area contributed by atoms with Gasteiger partial charge in [-0.3, -0.25) is 0 Å². The lowest BCUT2D eigenvalue weighted by atomic mass is 10.1. The fraction of sp³-hybridized carbons (Fsp3) is 0.0556.